The molecule has 1 N–H and O–H groups in total. The van der Waals surface area contributed by atoms with Crippen molar-refractivity contribution < 1.29 is 9.53 Å². The molecule has 164 valence electrons. The lowest BCUT2D eigenvalue weighted by atomic mass is 10.2. The number of carbonyl (C=O) groups excluding carboxylic acids is 1. The maximum absolute atomic E-state index is 13.2. The molecule has 32 heavy (non-hydrogen) atoms. The summed E-state index contributed by atoms with van der Waals surface area (Å²) in [6.45, 7) is -0.116. The minimum Gasteiger partial charge on any atom is -0.497 e. The van der Waals surface area contributed by atoms with Gasteiger partial charge in [-0.3, -0.25) is 4.79 Å². The summed E-state index contributed by atoms with van der Waals surface area (Å²) in [5.74, 6) is 0.542. The van der Waals surface area contributed by atoms with Gasteiger partial charge in [0.15, 0.2) is 5.65 Å². The number of hydrogen-bond acceptors (Lipinski definition) is 6. The highest BCUT2D eigenvalue weighted by atomic mass is 32.2. The molecule has 0 spiro atoms. The lowest BCUT2D eigenvalue weighted by Crippen LogP contribution is -2.37. The molecule has 5 rings (SSSR count). The topological polar surface area (TPSA) is 90.5 Å². The summed E-state index contributed by atoms with van der Waals surface area (Å²) in [4.78, 5) is 31.5. The lowest BCUT2D eigenvalue weighted by molar-refractivity contribution is -0.122. The number of benzene rings is 2. The van der Waals surface area contributed by atoms with Gasteiger partial charge in [-0.1, -0.05) is 42.8 Å². The fraction of sp³-hybridized carbons (Fsp3) is 0.304. The van der Waals surface area contributed by atoms with Crippen molar-refractivity contribution in [1.82, 2.24) is 24.5 Å². The van der Waals surface area contributed by atoms with Crippen LogP contribution in [0.25, 0.3) is 16.7 Å². The Morgan fingerprint density at radius 1 is 1.19 bits per heavy atom. The molecule has 9 heteroatoms. The Balaban J connectivity index is 1.56. The molecule has 0 atom stereocenters. The van der Waals surface area contributed by atoms with Gasteiger partial charge in [0.05, 0.1) is 18.1 Å². The van der Waals surface area contributed by atoms with Crippen LogP contribution in [0.4, 0.5) is 0 Å². The van der Waals surface area contributed by atoms with E-state index < -0.39 is 0 Å². The fourth-order valence-corrected chi connectivity index (χ4v) is 5.01. The van der Waals surface area contributed by atoms with Crippen molar-refractivity contribution in [3.8, 4) is 5.75 Å². The van der Waals surface area contributed by atoms with Crippen LogP contribution in [0.2, 0.25) is 0 Å². The fourth-order valence-electron chi connectivity index (χ4n) is 4.10. The van der Waals surface area contributed by atoms with Gasteiger partial charge >= 0.3 is 5.69 Å². The minimum absolute atomic E-state index is 0.116. The second-order valence-electron chi connectivity index (χ2n) is 7.83. The van der Waals surface area contributed by atoms with Crippen molar-refractivity contribution in [1.29, 1.82) is 0 Å². The zero-order valence-corrected chi connectivity index (χ0v) is 18.5. The van der Waals surface area contributed by atoms with E-state index in [4.69, 9.17) is 9.72 Å². The summed E-state index contributed by atoms with van der Waals surface area (Å²) in [6, 6.07) is 15.3. The third-order valence-electron chi connectivity index (χ3n) is 5.64. The highest BCUT2D eigenvalue weighted by molar-refractivity contribution is 7.99. The summed E-state index contributed by atoms with van der Waals surface area (Å²) in [7, 11) is 1.62. The van der Waals surface area contributed by atoms with Crippen LogP contribution in [0.1, 0.15) is 25.7 Å². The Bertz CT molecular complexity index is 1360. The van der Waals surface area contributed by atoms with E-state index in [0.717, 1.165) is 36.3 Å². The first kappa shape index (κ1) is 20.6. The van der Waals surface area contributed by atoms with Crippen LogP contribution in [0.3, 0.4) is 0 Å². The first-order chi connectivity index (χ1) is 15.6. The summed E-state index contributed by atoms with van der Waals surface area (Å²) in [5.41, 5.74) is 1.41. The van der Waals surface area contributed by atoms with Crippen molar-refractivity contribution in [2.45, 2.75) is 48.2 Å². The van der Waals surface area contributed by atoms with Gasteiger partial charge in [-0.05, 0) is 43.2 Å². The van der Waals surface area contributed by atoms with E-state index in [-0.39, 0.29) is 24.2 Å². The second-order valence-corrected chi connectivity index (χ2v) is 8.90. The molecule has 0 radical (unpaired) electrons. The number of aromatic nitrogens is 4. The van der Waals surface area contributed by atoms with Crippen molar-refractivity contribution in [3.05, 3.63) is 59.0 Å². The van der Waals surface area contributed by atoms with E-state index in [2.05, 4.69) is 10.4 Å². The van der Waals surface area contributed by atoms with E-state index in [1.165, 1.54) is 20.8 Å². The SMILES string of the molecule is COc1cccc(Sc2nc3ccccc3n3c(=O)n(CC(=O)NC4CCCC4)nc23)c1. The molecule has 0 bridgehead atoms. The number of methoxy groups -OCH3 is 1. The van der Waals surface area contributed by atoms with Crippen LogP contribution in [-0.4, -0.2) is 38.2 Å². The number of nitrogens with one attached hydrogen (secondary N) is 1. The van der Waals surface area contributed by atoms with Gasteiger partial charge in [0, 0.05) is 10.9 Å². The molecule has 2 aromatic carbocycles. The molecular formula is C23H23N5O3S. The standard InChI is InChI=1S/C23H23N5O3S/c1-31-16-9-6-10-17(13-16)32-22-21-26-27(14-20(29)24-15-7-2-3-8-15)23(30)28(21)19-12-5-4-11-18(19)25-22/h4-6,9-13,15H,2-3,7-8,14H2,1H3,(H,24,29). The van der Waals surface area contributed by atoms with Gasteiger partial charge in [0.25, 0.3) is 0 Å². The first-order valence-electron chi connectivity index (χ1n) is 10.6. The van der Waals surface area contributed by atoms with Crippen molar-refractivity contribution in [2.75, 3.05) is 7.11 Å². The van der Waals surface area contributed by atoms with Crippen LogP contribution in [-0.2, 0) is 11.3 Å². The molecule has 1 saturated carbocycles. The number of ether oxygens (including phenoxy) is 1. The normalized spacial score (nSPS) is 14.3. The predicted octanol–water partition coefficient (Wildman–Crippen LogP) is 3.26. The van der Waals surface area contributed by atoms with E-state index in [1.807, 2.05) is 48.5 Å². The van der Waals surface area contributed by atoms with Gasteiger partial charge in [0.1, 0.15) is 17.3 Å². The number of amides is 1. The van der Waals surface area contributed by atoms with Crippen molar-refractivity contribution in [3.63, 3.8) is 0 Å². The van der Waals surface area contributed by atoms with Gasteiger partial charge in [-0.25, -0.2) is 18.9 Å². The molecule has 2 heterocycles. The summed E-state index contributed by atoms with van der Waals surface area (Å²) in [6.07, 6.45) is 4.23. The second kappa shape index (κ2) is 8.66. The first-order valence-corrected chi connectivity index (χ1v) is 11.4. The Kier molecular flexibility index (Phi) is 5.57. The average molecular weight is 450 g/mol. The average Bonchev–Trinajstić information content (AvgIpc) is 3.42. The number of rotatable bonds is 6. The molecule has 1 fully saturated rings. The number of fused-ring (bicyclic) bond motifs is 3. The number of nitrogens with zero attached hydrogens (tertiary/aromatic N) is 4. The van der Waals surface area contributed by atoms with Gasteiger partial charge in [-0.15, -0.1) is 5.10 Å². The molecule has 1 amide bonds. The monoisotopic (exact) mass is 449 g/mol. The molecule has 8 nitrogen and oxygen atoms in total. The summed E-state index contributed by atoms with van der Waals surface area (Å²) < 4.78 is 8.08. The van der Waals surface area contributed by atoms with Gasteiger partial charge < -0.3 is 10.1 Å². The molecule has 1 aliphatic rings. The third kappa shape index (κ3) is 3.95. The lowest BCUT2D eigenvalue weighted by Gasteiger charge is -2.11. The number of carbonyl (C=O) groups is 1. The maximum atomic E-state index is 13.2. The Hall–Kier alpha value is -3.33. The van der Waals surface area contributed by atoms with Crippen molar-refractivity contribution >= 4 is 34.3 Å². The van der Waals surface area contributed by atoms with Crippen LogP contribution in [0.5, 0.6) is 5.75 Å². The number of para-hydroxylation sites is 2. The highest BCUT2D eigenvalue weighted by Gasteiger charge is 2.21. The Morgan fingerprint density at radius 2 is 2.00 bits per heavy atom. The van der Waals surface area contributed by atoms with E-state index in [1.54, 1.807) is 7.11 Å². The smallest absolute Gasteiger partial charge is 0.351 e. The Labute approximate surface area is 188 Å². The quantitative estimate of drug-likeness (QED) is 0.486. The molecule has 0 aliphatic heterocycles. The zero-order valence-electron chi connectivity index (χ0n) is 17.7. The highest BCUT2D eigenvalue weighted by Crippen LogP contribution is 2.32. The largest absolute Gasteiger partial charge is 0.497 e. The van der Waals surface area contributed by atoms with E-state index in [9.17, 15) is 9.59 Å². The molecule has 1 aliphatic carbocycles. The Morgan fingerprint density at radius 3 is 2.81 bits per heavy atom. The molecule has 0 saturated heterocycles. The molecule has 4 aromatic rings. The summed E-state index contributed by atoms with van der Waals surface area (Å²) in [5, 5.41) is 8.11. The van der Waals surface area contributed by atoms with Crippen LogP contribution < -0.4 is 15.7 Å². The van der Waals surface area contributed by atoms with Gasteiger partial charge in [-0.2, -0.15) is 0 Å². The van der Waals surface area contributed by atoms with E-state index in [0.29, 0.717) is 21.7 Å². The maximum Gasteiger partial charge on any atom is 0.351 e. The third-order valence-corrected chi connectivity index (χ3v) is 6.60. The van der Waals surface area contributed by atoms with Crippen LogP contribution in [0.15, 0.2) is 63.2 Å². The van der Waals surface area contributed by atoms with Crippen LogP contribution >= 0.6 is 11.8 Å². The van der Waals surface area contributed by atoms with Crippen molar-refractivity contribution in [2.24, 2.45) is 0 Å². The predicted molar refractivity (Wildman–Crippen MR) is 122 cm³/mol. The summed E-state index contributed by atoms with van der Waals surface area (Å²) >= 11 is 1.40. The molecular weight excluding hydrogens is 426 g/mol. The van der Waals surface area contributed by atoms with Crippen LogP contribution in [0, 0.1) is 0 Å². The molecule has 2 aromatic heterocycles. The number of hydrogen-bond donors (Lipinski definition) is 1. The zero-order chi connectivity index (χ0) is 22.1. The minimum atomic E-state index is -0.354. The molecule has 0 unspecified atom stereocenters. The van der Waals surface area contributed by atoms with Gasteiger partial charge in [0.2, 0.25) is 5.91 Å². The van der Waals surface area contributed by atoms with E-state index >= 15 is 0 Å².